The normalized spacial score (nSPS) is 12.0. The Kier molecular flexibility index (Phi) is 7.28. The lowest BCUT2D eigenvalue weighted by Crippen LogP contribution is -2.28. The highest BCUT2D eigenvalue weighted by Crippen LogP contribution is 2.36. The molecule has 8 nitrogen and oxygen atoms in total. The Balaban J connectivity index is 0.000000156. The molecular weight excluding hydrogens is 633 g/mol. The molecule has 0 aliphatic heterocycles. The number of para-hydroxylation sites is 2. The number of aromatic hydroxyl groups is 1. The van der Waals surface area contributed by atoms with Crippen LogP contribution in [0.2, 0.25) is 0 Å². The van der Waals surface area contributed by atoms with Gasteiger partial charge in [-0.3, -0.25) is 9.97 Å². The van der Waals surface area contributed by atoms with Gasteiger partial charge < -0.3 is 18.1 Å². The Morgan fingerprint density at radius 2 is 1.13 bits per heavy atom. The molecule has 8 rings (SSSR count). The number of hydrogen-bond acceptors (Lipinski definition) is 8. The summed E-state index contributed by atoms with van der Waals surface area (Å²) >= 11 is 0. The van der Waals surface area contributed by atoms with Crippen molar-refractivity contribution in [3.63, 3.8) is 0 Å². The highest BCUT2D eigenvalue weighted by molar-refractivity contribution is 7.88. The number of nitrogens with zero attached hydrogens (tertiary/aromatic N) is 2. The molecule has 0 radical (unpaired) electrons. The van der Waals surface area contributed by atoms with Crippen molar-refractivity contribution in [3.8, 4) is 34.1 Å². The lowest BCUT2D eigenvalue weighted by molar-refractivity contribution is -0.0500. The summed E-state index contributed by atoms with van der Waals surface area (Å²) in [5.41, 5.74) is -2.65. The lowest BCUT2D eigenvalue weighted by Gasteiger charge is -2.10. The zero-order valence-electron chi connectivity index (χ0n) is 24.0. The first-order valence-corrected chi connectivity index (χ1v) is 15.4. The molecule has 0 aliphatic rings. The quantitative estimate of drug-likeness (QED) is 0.148. The molecule has 47 heavy (non-hydrogen) atoms. The first-order chi connectivity index (χ1) is 22.6. The minimum atomic E-state index is -5.76. The van der Waals surface area contributed by atoms with Crippen molar-refractivity contribution < 1.29 is 39.7 Å². The van der Waals surface area contributed by atoms with Gasteiger partial charge in [-0.2, -0.15) is 21.6 Å². The van der Waals surface area contributed by atoms with E-state index in [0.717, 1.165) is 44.5 Å². The molecular formula is C35H21F3N2O6S. The summed E-state index contributed by atoms with van der Waals surface area (Å²) < 4.78 is 76.1. The third-order valence-corrected chi connectivity index (χ3v) is 8.33. The fourth-order valence-corrected chi connectivity index (χ4v) is 5.59. The molecule has 0 saturated carbocycles. The van der Waals surface area contributed by atoms with E-state index in [1.165, 1.54) is 24.5 Å². The van der Waals surface area contributed by atoms with Gasteiger partial charge in [-0.1, -0.05) is 36.4 Å². The number of rotatable bonds is 4. The van der Waals surface area contributed by atoms with E-state index in [2.05, 4.69) is 14.2 Å². The van der Waals surface area contributed by atoms with E-state index >= 15 is 0 Å². The lowest BCUT2D eigenvalue weighted by atomic mass is 10.1. The fraction of sp³-hybridized carbons (Fsp3) is 0.0286. The van der Waals surface area contributed by atoms with Crippen molar-refractivity contribution in [2.45, 2.75) is 5.51 Å². The van der Waals surface area contributed by atoms with Crippen LogP contribution in [-0.4, -0.2) is 29.0 Å². The molecule has 8 aromatic rings. The zero-order valence-corrected chi connectivity index (χ0v) is 24.8. The summed E-state index contributed by atoms with van der Waals surface area (Å²) in [6, 6.07) is 27.9. The van der Waals surface area contributed by atoms with Crippen molar-refractivity contribution in [3.05, 3.63) is 122 Å². The predicted octanol–water partition coefficient (Wildman–Crippen LogP) is 9.23. The minimum absolute atomic E-state index is 0.237. The molecule has 1 N–H and O–H groups in total. The van der Waals surface area contributed by atoms with E-state index in [1.807, 2.05) is 54.6 Å². The third kappa shape index (κ3) is 5.82. The summed E-state index contributed by atoms with van der Waals surface area (Å²) in [5, 5.41) is 14.5. The van der Waals surface area contributed by atoms with Gasteiger partial charge in [-0.25, -0.2) is 0 Å². The van der Waals surface area contributed by atoms with Crippen molar-refractivity contribution in [2.75, 3.05) is 0 Å². The second kappa shape index (κ2) is 11.5. The van der Waals surface area contributed by atoms with Gasteiger partial charge in [0.15, 0.2) is 0 Å². The Morgan fingerprint density at radius 1 is 0.617 bits per heavy atom. The summed E-state index contributed by atoms with van der Waals surface area (Å²) in [6.45, 7) is 0. The maximum absolute atomic E-state index is 12.6. The fourth-order valence-electron chi connectivity index (χ4n) is 5.14. The first-order valence-electron chi connectivity index (χ1n) is 14.0. The van der Waals surface area contributed by atoms with Crippen LogP contribution in [0.1, 0.15) is 0 Å². The van der Waals surface area contributed by atoms with E-state index < -0.39 is 21.4 Å². The number of pyridine rings is 2. The van der Waals surface area contributed by atoms with E-state index in [4.69, 9.17) is 8.83 Å². The molecule has 0 unspecified atom stereocenters. The van der Waals surface area contributed by atoms with Crippen LogP contribution in [0, 0.1) is 0 Å². The molecule has 0 spiro atoms. The molecule has 0 bridgehead atoms. The number of phenols is 1. The van der Waals surface area contributed by atoms with E-state index in [1.54, 1.807) is 36.7 Å². The standard InChI is InChI=1S/C18H10F3NO4S.C17H11NO2/c19-18(20,21)27(23,24)26-13-6-5-12-9-22-10-15(14(12)8-13)17-7-11-3-1-2-4-16(11)25-17;19-13-6-5-12-9-18-10-15(14(12)8-13)17-7-11-3-1-2-4-16(11)20-17/h1-10H;1-10,19H. The molecule has 0 saturated heterocycles. The number of benzene rings is 4. The van der Waals surface area contributed by atoms with E-state index in [0.29, 0.717) is 27.7 Å². The molecule has 0 aliphatic carbocycles. The molecule has 0 fully saturated rings. The van der Waals surface area contributed by atoms with Gasteiger partial charge >= 0.3 is 15.6 Å². The van der Waals surface area contributed by atoms with Gasteiger partial charge in [0.05, 0.1) is 0 Å². The maximum atomic E-state index is 12.6. The van der Waals surface area contributed by atoms with E-state index in [9.17, 15) is 26.7 Å². The molecule has 234 valence electrons. The maximum Gasteiger partial charge on any atom is 0.534 e. The average molecular weight is 655 g/mol. The van der Waals surface area contributed by atoms with Gasteiger partial charge in [-0.05, 0) is 71.4 Å². The molecule has 0 amide bonds. The van der Waals surface area contributed by atoms with Crippen LogP contribution in [0.5, 0.6) is 11.5 Å². The van der Waals surface area contributed by atoms with Gasteiger partial charge in [0.1, 0.15) is 34.2 Å². The predicted molar refractivity (Wildman–Crippen MR) is 171 cm³/mol. The zero-order chi connectivity index (χ0) is 32.8. The van der Waals surface area contributed by atoms with Crippen LogP contribution >= 0.6 is 0 Å². The number of furan rings is 2. The summed E-state index contributed by atoms with van der Waals surface area (Å²) in [5.74, 6) is 0.990. The molecule has 12 heteroatoms. The number of alkyl halides is 3. The van der Waals surface area contributed by atoms with Crippen LogP contribution in [0.4, 0.5) is 13.2 Å². The Labute approximate surface area is 264 Å². The van der Waals surface area contributed by atoms with Crippen LogP contribution in [0.3, 0.4) is 0 Å². The van der Waals surface area contributed by atoms with Gasteiger partial charge in [0.2, 0.25) is 0 Å². The first kappa shape index (κ1) is 29.8. The Bertz CT molecular complexity index is 2480. The summed E-state index contributed by atoms with van der Waals surface area (Å²) in [7, 11) is -5.76. The van der Waals surface area contributed by atoms with E-state index in [-0.39, 0.29) is 5.75 Å². The van der Waals surface area contributed by atoms with Crippen LogP contribution in [-0.2, 0) is 10.1 Å². The second-order valence-electron chi connectivity index (χ2n) is 10.4. The minimum Gasteiger partial charge on any atom is -0.508 e. The SMILES string of the molecule is O=S(=O)(Oc1ccc2cncc(-c3cc4ccccc4o3)c2c1)C(F)(F)F.Oc1ccc2cncc(-c3cc4ccccc4o3)c2c1. The van der Waals surface area contributed by atoms with Crippen molar-refractivity contribution in [1.29, 1.82) is 0 Å². The number of aromatic nitrogens is 2. The topological polar surface area (TPSA) is 116 Å². The smallest absolute Gasteiger partial charge is 0.508 e. The van der Waals surface area contributed by atoms with Crippen molar-refractivity contribution in [1.82, 2.24) is 9.97 Å². The third-order valence-electron chi connectivity index (χ3n) is 7.35. The molecule has 4 heterocycles. The number of hydrogen-bond donors (Lipinski definition) is 1. The van der Waals surface area contributed by atoms with Gasteiger partial charge in [0.25, 0.3) is 0 Å². The van der Waals surface area contributed by atoms with Crippen LogP contribution in [0.15, 0.2) is 131 Å². The van der Waals surface area contributed by atoms with Crippen LogP contribution in [0.25, 0.3) is 66.1 Å². The summed E-state index contributed by atoms with van der Waals surface area (Å²) in [4.78, 5) is 8.35. The second-order valence-corrected chi connectivity index (χ2v) is 12.0. The van der Waals surface area contributed by atoms with Crippen molar-refractivity contribution in [2.24, 2.45) is 0 Å². The molecule has 4 aromatic heterocycles. The number of fused-ring (bicyclic) bond motifs is 4. The Morgan fingerprint density at radius 3 is 1.66 bits per heavy atom. The number of halogens is 3. The van der Waals surface area contributed by atoms with Gasteiger partial charge in [0, 0.05) is 57.5 Å². The largest absolute Gasteiger partial charge is 0.534 e. The van der Waals surface area contributed by atoms with Crippen LogP contribution < -0.4 is 4.18 Å². The summed E-state index contributed by atoms with van der Waals surface area (Å²) in [6.07, 6.45) is 6.53. The molecule has 4 aromatic carbocycles. The monoisotopic (exact) mass is 654 g/mol. The highest BCUT2D eigenvalue weighted by Gasteiger charge is 2.48. The Hall–Kier alpha value is -5.88. The van der Waals surface area contributed by atoms with Gasteiger partial charge in [-0.15, -0.1) is 0 Å². The highest BCUT2D eigenvalue weighted by atomic mass is 32.2. The molecule has 0 atom stereocenters. The number of phenolic OH excluding ortho intramolecular Hbond substituents is 1. The average Bonchev–Trinajstić information content (AvgIpc) is 3.68. The van der Waals surface area contributed by atoms with Crippen molar-refractivity contribution >= 4 is 53.6 Å².